The second kappa shape index (κ2) is 7.54. The minimum Gasteiger partial charge on any atom is -0.296 e. The fraction of sp³-hybridized carbons (Fsp3) is 0.786. The Morgan fingerprint density at radius 1 is 1.35 bits per heavy atom. The van der Waals surface area contributed by atoms with Crippen LogP contribution in [0.4, 0.5) is 0 Å². The van der Waals surface area contributed by atoms with Gasteiger partial charge in [-0.15, -0.1) is 0 Å². The maximum Gasteiger partial charge on any atom is 0.0823 e. The van der Waals surface area contributed by atoms with Crippen LogP contribution in [-0.4, -0.2) is 33.3 Å². The molecule has 0 aliphatic heterocycles. The first-order chi connectivity index (χ1) is 9.52. The van der Waals surface area contributed by atoms with Crippen molar-refractivity contribution in [2.45, 2.75) is 52.1 Å². The van der Waals surface area contributed by atoms with Crippen molar-refractivity contribution in [3.05, 3.63) is 16.4 Å². The van der Waals surface area contributed by atoms with Crippen molar-refractivity contribution in [1.82, 2.24) is 20.1 Å². The summed E-state index contributed by atoms with van der Waals surface area (Å²) >= 11 is 3.60. The topological polar surface area (TPSA) is 59.1 Å². The maximum atomic E-state index is 5.95. The summed E-state index contributed by atoms with van der Waals surface area (Å²) in [6, 6.07) is 0.0271. The fourth-order valence-corrected chi connectivity index (χ4v) is 3.95. The van der Waals surface area contributed by atoms with Gasteiger partial charge in [-0.3, -0.25) is 15.4 Å². The molecule has 0 aromatic carbocycles. The van der Waals surface area contributed by atoms with Gasteiger partial charge in [0.2, 0.25) is 0 Å². The van der Waals surface area contributed by atoms with Crippen LogP contribution in [-0.2, 0) is 7.05 Å². The summed E-state index contributed by atoms with van der Waals surface area (Å²) in [4.78, 5) is 2.50. The van der Waals surface area contributed by atoms with Gasteiger partial charge in [0, 0.05) is 12.6 Å². The largest absolute Gasteiger partial charge is 0.296 e. The Morgan fingerprint density at radius 3 is 2.20 bits per heavy atom. The normalized spacial score (nSPS) is 14.0. The molecule has 1 atom stereocenters. The molecule has 0 aliphatic carbocycles. The van der Waals surface area contributed by atoms with Crippen molar-refractivity contribution < 1.29 is 0 Å². The molecule has 0 amide bonds. The van der Waals surface area contributed by atoms with Gasteiger partial charge in [0.25, 0.3) is 0 Å². The van der Waals surface area contributed by atoms with Crippen LogP contribution in [0.2, 0.25) is 0 Å². The van der Waals surface area contributed by atoms with Crippen molar-refractivity contribution in [1.29, 1.82) is 0 Å². The van der Waals surface area contributed by atoms with E-state index in [9.17, 15) is 0 Å². The zero-order valence-corrected chi connectivity index (χ0v) is 14.9. The molecule has 0 fully saturated rings. The molecule has 6 heteroatoms. The molecule has 0 aliphatic rings. The van der Waals surface area contributed by atoms with Gasteiger partial charge in [-0.05, 0) is 41.9 Å². The summed E-state index contributed by atoms with van der Waals surface area (Å²) in [5.41, 5.74) is 4.13. The Balaban J connectivity index is 3.36. The highest BCUT2D eigenvalue weighted by Gasteiger charge is 2.42. The zero-order chi connectivity index (χ0) is 15.3. The van der Waals surface area contributed by atoms with E-state index in [-0.39, 0.29) is 11.6 Å². The smallest absolute Gasteiger partial charge is 0.0823 e. The van der Waals surface area contributed by atoms with Crippen molar-refractivity contribution in [3.8, 4) is 0 Å². The van der Waals surface area contributed by atoms with Gasteiger partial charge in [0.05, 0.1) is 22.4 Å². The van der Waals surface area contributed by atoms with Gasteiger partial charge in [0.1, 0.15) is 0 Å². The van der Waals surface area contributed by atoms with E-state index < -0.39 is 0 Å². The van der Waals surface area contributed by atoms with Crippen molar-refractivity contribution in [2.24, 2.45) is 12.9 Å². The number of likely N-dealkylation sites (N-methyl/N-ethyl adjacent to an activating group) is 1. The molecular formula is C14H28BrN5. The molecule has 3 N–H and O–H groups in total. The third-order valence-corrected chi connectivity index (χ3v) is 5.14. The predicted molar refractivity (Wildman–Crippen MR) is 87.2 cm³/mol. The van der Waals surface area contributed by atoms with Crippen LogP contribution in [0.1, 0.15) is 52.3 Å². The number of nitrogens with zero attached hydrogens (tertiary/aromatic N) is 3. The Labute approximate surface area is 131 Å². The summed E-state index contributed by atoms with van der Waals surface area (Å²) in [7, 11) is 1.96. The van der Waals surface area contributed by atoms with Crippen LogP contribution in [0.5, 0.6) is 0 Å². The second-order valence-electron chi connectivity index (χ2n) is 5.08. The van der Waals surface area contributed by atoms with Crippen molar-refractivity contribution in [3.63, 3.8) is 0 Å². The Kier molecular flexibility index (Phi) is 6.64. The molecule has 0 spiro atoms. The molecule has 5 nitrogen and oxygen atoms in total. The van der Waals surface area contributed by atoms with Gasteiger partial charge in [-0.25, -0.2) is 5.43 Å². The molecule has 0 bridgehead atoms. The van der Waals surface area contributed by atoms with Gasteiger partial charge >= 0.3 is 0 Å². The van der Waals surface area contributed by atoms with Crippen molar-refractivity contribution in [2.75, 3.05) is 13.1 Å². The average Bonchev–Trinajstić information content (AvgIpc) is 2.79. The molecule has 1 unspecified atom stereocenters. The first kappa shape index (κ1) is 17.6. The highest BCUT2D eigenvalue weighted by molar-refractivity contribution is 9.10. The lowest BCUT2D eigenvalue weighted by molar-refractivity contribution is 0.0456. The zero-order valence-electron chi connectivity index (χ0n) is 13.3. The number of aromatic nitrogens is 2. The monoisotopic (exact) mass is 345 g/mol. The highest BCUT2D eigenvalue weighted by Crippen LogP contribution is 2.39. The van der Waals surface area contributed by atoms with Gasteiger partial charge in [0.15, 0.2) is 0 Å². The summed E-state index contributed by atoms with van der Waals surface area (Å²) in [5.74, 6) is 5.95. The van der Waals surface area contributed by atoms with Crippen LogP contribution in [0.3, 0.4) is 0 Å². The van der Waals surface area contributed by atoms with Crippen molar-refractivity contribution >= 4 is 15.9 Å². The third kappa shape index (κ3) is 2.93. The number of rotatable bonds is 8. The van der Waals surface area contributed by atoms with Crippen LogP contribution in [0, 0.1) is 0 Å². The Bertz CT molecular complexity index is 390. The van der Waals surface area contributed by atoms with E-state index in [4.69, 9.17) is 5.84 Å². The van der Waals surface area contributed by atoms with E-state index in [1.165, 1.54) is 0 Å². The standard InChI is InChI=1S/C14H28BrN5/c1-6-14(7-2,20(8-3)9-4)13(18-16)12-11(15)10-17-19(12)5/h10,13,18H,6-9,16H2,1-5H3. The molecule has 0 radical (unpaired) electrons. The van der Waals surface area contributed by atoms with E-state index in [1.54, 1.807) is 0 Å². The lowest BCUT2D eigenvalue weighted by Gasteiger charge is -2.47. The quantitative estimate of drug-likeness (QED) is 0.561. The molecule has 1 rings (SSSR count). The van der Waals surface area contributed by atoms with E-state index in [0.29, 0.717) is 0 Å². The highest BCUT2D eigenvalue weighted by atomic mass is 79.9. The molecule has 116 valence electrons. The minimum absolute atomic E-state index is 0.0193. The summed E-state index contributed by atoms with van der Waals surface area (Å²) < 4.78 is 2.90. The molecule has 20 heavy (non-hydrogen) atoms. The van der Waals surface area contributed by atoms with Gasteiger partial charge in [-0.1, -0.05) is 27.7 Å². The lowest BCUT2D eigenvalue weighted by atomic mass is 9.81. The molecular weight excluding hydrogens is 318 g/mol. The van der Waals surface area contributed by atoms with Crippen LogP contribution >= 0.6 is 15.9 Å². The SMILES string of the molecule is CCN(CC)C(CC)(CC)C(NN)c1c(Br)cnn1C. The number of halogens is 1. The first-order valence-electron chi connectivity index (χ1n) is 7.40. The summed E-state index contributed by atoms with van der Waals surface area (Å²) in [5, 5.41) is 4.33. The fourth-order valence-electron chi connectivity index (χ4n) is 3.37. The number of aryl methyl sites for hydroxylation is 1. The van der Waals surface area contributed by atoms with E-state index in [0.717, 1.165) is 36.1 Å². The van der Waals surface area contributed by atoms with E-state index in [2.05, 4.69) is 59.0 Å². The number of hydrazine groups is 1. The first-order valence-corrected chi connectivity index (χ1v) is 8.20. The Hall–Kier alpha value is -0.430. The van der Waals surface area contributed by atoms with Crippen LogP contribution in [0.25, 0.3) is 0 Å². The summed E-state index contributed by atoms with van der Waals surface area (Å²) in [6.45, 7) is 10.9. The molecule has 1 aromatic rings. The van der Waals surface area contributed by atoms with E-state index >= 15 is 0 Å². The molecule has 1 heterocycles. The number of nitrogens with one attached hydrogen (secondary N) is 1. The number of hydrogen-bond acceptors (Lipinski definition) is 4. The third-order valence-electron chi connectivity index (χ3n) is 4.53. The van der Waals surface area contributed by atoms with Crippen LogP contribution in [0.15, 0.2) is 10.7 Å². The van der Waals surface area contributed by atoms with Crippen LogP contribution < -0.4 is 11.3 Å². The molecule has 0 saturated carbocycles. The van der Waals surface area contributed by atoms with Gasteiger partial charge in [-0.2, -0.15) is 5.10 Å². The summed E-state index contributed by atoms with van der Waals surface area (Å²) in [6.07, 6.45) is 3.88. The lowest BCUT2D eigenvalue weighted by Crippen LogP contribution is -2.57. The molecule has 0 saturated heterocycles. The van der Waals surface area contributed by atoms with E-state index in [1.807, 2.05) is 17.9 Å². The Morgan fingerprint density at radius 2 is 1.90 bits per heavy atom. The van der Waals surface area contributed by atoms with Gasteiger partial charge < -0.3 is 0 Å². The second-order valence-corrected chi connectivity index (χ2v) is 5.94. The predicted octanol–water partition coefficient (Wildman–Crippen LogP) is 2.59. The maximum absolute atomic E-state index is 5.95. The molecule has 1 aromatic heterocycles. The average molecular weight is 346 g/mol. The number of hydrogen-bond donors (Lipinski definition) is 2. The number of nitrogens with two attached hydrogens (primary N) is 1. The minimum atomic E-state index is -0.0193.